The molecule has 0 aliphatic heterocycles. The van der Waals surface area contributed by atoms with Crippen LogP contribution in [-0.4, -0.2) is 18.5 Å². The van der Waals surface area contributed by atoms with Gasteiger partial charge in [-0.1, -0.05) is 82.7 Å². The zero-order valence-electron chi connectivity index (χ0n) is 14.9. The van der Waals surface area contributed by atoms with Crippen LogP contribution in [0.1, 0.15) is 22.6 Å². The Labute approximate surface area is 171 Å². The number of benzene rings is 3. The molecule has 0 aromatic heterocycles. The monoisotopic (exact) mass is 436 g/mol. The van der Waals surface area contributed by atoms with Crippen LogP contribution in [0.25, 0.3) is 11.1 Å². The van der Waals surface area contributed by atoms with Crippen LogP contribution in [0, 0.1) is 0 Å². The molecule has 0 spiro atoms. The van der Waals surface area contributed by atoms with Gasteiger partial charge in [0, 0.05) is 10.0 Å². The second kappa shape index (κ2) is 7.98. The minimum absolute atomic E-state index is 0.0922. The van der Waals surface area contributed by atoms with Gasteiger partial charge in [-0.3, -0.25) is 4.79 Å². The topological polar surface area (TPSA) is 52.6 Å². The van der Waals surface area contributed by atoms with Crippen molar-refractivity contribution in [1.29, 1.82) is 0 Å². The summed E-state index contributed by atoms with van der Waals surface area (Å²) < 4.78 is 11.6. The standard InChI is InChI=1S/C23H17BrO4/c24-20-12-6-1-7-15(20)13-27-23(26)22(28-14-25)21-18-10-4-2-8-16(18)17-9-3-5-11-19(17)21/h1-12,14,21-22H,13H2. The summed E-state index contributed by atoms with van der Waals surface area (Å²) in [6.45, 7) is 0.406. The van der Waals surface area contributed by atoms with Gasteiger partial charge >= 0.3 is 5.97 Å². The summed E-state index contributed by atoms with van der Waals surface area (Å²) in [5.41, 5.74) is 4.83. The zero-order chi connectivity index (χ0) is 19.5. The van der Waals surface area contributed by atoms with E-state index in [2.05, 4.69) is 15.9 Å². The fraction of sp³-hybridized carbons (Fsp3) is 0.130. The van der Waals surface area contributed by atoms with Crippen molar-refractivity contribution in [2.24, 2.45) is 0 Å². The van der Waals surface area contributed by atoms with Gasteiger partial charge in [-0.05, 0) is 28.3 Å². The summed E-state index contributed by atoms with van der Waals surface area (Å²) in [4.78, 5) is 24.1. The van der Waals surface area contributed by atoms with Gasteiger partial charge in [0.05, 0.1) is 5.92 Å². The van der Waals surface area contributed by atoms with Gasteiger partial charge in [-0.15, -0.1) is 0 Å². The summed E-state index contributed by atoms with van der Waals surface area (Å²) in [5, 5.41) is 0. The van der Waals surface area contributed by atoms with Crippen molar-refractivity contribution in [2.45, 2.75) is 18.6 Å². The summed E-state index contributed by atoms with van der Waals surface area (Å²) in [6.07, 6.45) is -1.05. The lowest BCUT2D eigenvalue weighted by Crippen LogP contribution is -2.32. The van der Waals surface area contributed by atoms with E-state index in [0.717, 1.165) is 32.3 Å². The zero-order valence-corrected chi connectivity index (χ0v) is 16.5. The second-order valence-electron chi connectivity index (χ2n) is 6.50. The van der Waals surface area contributed by atoms with E-state index in [9.17, 15) is 9.59 Å². The minimum atomic E-state index is -1.05. The van der Waals surface area contributed by atoms with Crippen molar-refractivity contribution in [1.82, 2.24) is 0 Å². The average molecular weight is 437 g/mol. The quantitative estimate of drug-likeness (QED) is 0.409. The third-order valence-electron chi connectivity index (χ3n) is 4.95. The summed E-state index contributed by atoms with van der Waals surface area (Å²) in [5.74, 6) is -0.969. The van der Waals surface area contributed by atoms with Crippen molar-refractivity contribution in [3.8, 4) is 11.1 Å². The Morgan fingerprint density at radius 3 is 2.11 bits per heavy atom. The largest absolute Gasteiger partial charge is 0.458 e. The number of esters is 1. The maximum Gasteiger partial charge on any atom is 0.348 e. The molecular formula is C23H17BrO4. The minimum Gasteiger partial charge on any atom is -0.458 e. The van der Waals surface area contributed by atoms with Crippen molar-refractivity contribution in [3.63, 3.8) is 0 Å². The van der Waals surface area contributed by atoms with Crippen LogP contribution in [0.5, 0.6) is 0 Å². The highest BCUT2D eigenvalue weighted by Gasteiger charge is 2.40. The van der Waals surface area contributed by atoms with Crippen molar-refractivity contribution in [2.75, 3.05) is 0 Å². The van der Waals surface area contributed by atoms with Crippen molar-refractivity contribution in [3.05, 3.63) is 94.0 Å². The molecule has 0 amide bonds. The Bertz CT molecular complexity index is 985. The van der Waals surface area contributed by atoms with E-state index in [0.29, 0.717) is 6.47 Å². The third kappa shape index (κ3) is 3.34. The van der Waals surface area contributed by atoms with E-state index >= 15 is 0 Å². The lowest BCUT2D eigenvalue weighted by Gasteiger charge is -2.22. The molecule has 0 fully saturated rings. The van der Waals surface area contributed by atoms with Crippen LogP contribution in [0.4, 0.5) is 0 Å². The normalized spacial score (nSPS) is 13.3. The molecule has 1 aliphatic rings. The molecule has 0 N–H and O–H groups in total. The fourth-order valence-corrected chi connectivity index (χ4v) is 4.10. The molecule has 3 aromatic carbocycles. The second-order valence-corrected chi connectivity index (χ2v) is 7.36. The lowest BCUT2D eigenvalue weighted by molar-refractivity contribution is -0.163. The molecule has 1 aliphatic carbocycles. The average Bonchev–Trinajstić information content (AvgIpc) is 3.06. The molecule has 0 radical (unpaired) electrons. The van der Waals surface area contributed by atoms with Crippen LogP contribution in [0.15, 0.2) is 77.3 Å². The van der Waals surface area contributed by atoms with Crippen molar-refractivity contribution >= 4 is 28.4 Å². The number of fused-ring (bicyclic) bond motifs is 3. The number of carbonyl (C=O) groups is 2. The first kappa shape index (κ1) is 18.4. The molecule has 28 heavy (non-hydrogen) atoms. The molecule has 4 nitrogen and oxygen atoms in total. The molecule has 4 rings (SSSR count). The van der Waals surface area contributed by atoms with E-state index in [1.54, 1.807) is 0 Å². The number of hydrogen-bond acceptors (Lipinski definition) is 4. The van der Waals surface area contributed by atoms with Gasteiger partial charge in [-0.2, -0.15) is 0 Å². The highest BCUT2D eigenvalue weighted by Crippen LogP contribution is 2.47. The Morgan fingerprint density at radius 2 is 1.50 bits per heavy atom. The van der Waals surface area contributed by atoms with Gasteiger partial charge in [0.15, 0.2) is 0 Å². The number of ether oxygens (including phenoxy) is 2. The molecular weight excluding hydrogens is 420 g/mol. The number of carbonyl (C=O) groups excluding carboxylic acids is 2. The molecule has 0 saturated heterocycles. The first-order valence-corrected chi connectivity index (χ1v) is 9.67. The molecule has 3 aromatic rings. The number of hydrogen-bond donors (Lipinski definition) is 0. The predicted molar refractivity (Wildman–Crippen MR) is 109 cm³/mol. The van der Waals surface area contributed by atoms with Gasteiger partial charge in [0.1, 0.15) is 6.61 Å². The molecule has 1 atom stereocenters. The molecule has 1 unspecified atom stereocenters. The van der Waals surface area contributed by atoms with Gasteiger partial charge < -0.3 is 9.47 Å². The van der Waals surface area contributed by atoms with E-state index < -0.39 is 18.0 Å². The van der Waals surface area contributed by atoms with E-state index in [-0.39, 0.29) is 6.61 Å². The first-order chi connectivity index (χ1) is 13.7. The maximum absolute atomic E-state index is 12.9. The maximum atomic E-state index is 12.9. The fourth-order valence-electron chi connectivity index (χ4n) is 3.70. The number of rotatable bonds is 6. The van der Waals surface area contributed by atoms with E-state index in [1.165, 1.54) is 0 Å². The molecule has 5 heteroatoms. The Morgan fingerprint density at radius 1 is 0.929 bits per heavy atom. The molecule has 140 valence electrons. The van der Waals surface area contributed by atoms with Gasteiger partial charge in [-0.25, -0.2) is 4.79 Å². The van der Waals surface area contributed by atoms with Crippen molar-refractivity contribution < 1.29 is 19.1 Å². The Balaban J connectivity index is 1.65. The molecule has 0 saturated carbocycles. The van der Waals surface area contributed by atoms with Crippen LogP contribution in [0.2, 0.25) is 0 Å². The smallest absolute Gasteiger partial charge is 0.348 e. The first-order valence-electron chi connectivity index (χ1n) is 8.88. The molecule has 0 heterocycles. The van der Waals surface area contributed by atoms with Gasteiger partial charge in [0.25, 0.3) is 6.47 Å². The van der Waals surface area contributed by atoms with E-state index in [1.807, 2.05) is 72.8 Å². The Kier molecular flexibility index (Phi) is 5.26. The van der Waals surface area contributed by atoms with Gasteiger partial charge in [0.2, 0.25) is 6.10 Å². The third-order valence-corrected chi connectivity index (χ3v) is 5.72. The van der Waals surface area contributed by atoms with Crippen LogP contribution >= 0.6 is 15.9 Å². The highest BCUT2D eigenvalue weighted by molar-refractivity contribution is 9.10. The van der Waals surface area contributed by atoms with Crippen LogP contribution in [0.3, 0.4) is 0 Å². The van der Waals surface area contributed by atoms with Crippen LogP contribution in [-0.2, 0) is 25.7 Å². The summed E-state index contributed by atoms with van der Waals surface area (Å²) >= 11 is 3.44. The number of halogens is 1. The predicted octanol–water partition coefficient (Wildman–Crippen LogP) is 4.85. The summed E-state index contributed by atoms with van der Waals surface area (Å²) in [7, 11) is 0. The lowest BCUT2D eigenvalue weighted by atomic mass is 9.91. The summed E-state index contributed by atoms with van der Waals surface area (Å²) in [6, 6.07) is 23.2. The van der Waals surface area contributed by atoms with E-state index in [4.69, 9.17) is 9.47 Å². The van der Waals surface area contributed by atoms with Crippen LogP contribution < -0.4 is 0 Å². The Hall–Kier alpha value is -2.92. The SMILES string of the molecule is O=COC(C(=O)OCc1ccccc1Br)C1c2ccccc2-c2ccccc21. The highest BCUT2D eigenvalue weighted by atomic mass is 79.9. The molecule has 0 bridgehead atoms.